The van der Waals surface area contributed by atoms with Gasteiger partial charge in [-0.1, -0.05) is 24.3 Å². The summed E-state index contributed by atoms with van der Waals surface area (Å²) in [5.74, 6) is 0. The van der Waals surface area contributed by atoms with Gasteiger partial charge in [-0.05, 0) is 25.7 Å². The van der Waals surface area contributed by atoms with Gasteiger partial charge in [0, 0.05) is 0 Å². The molecule has 0 aromatic heterocycles. The van der Waals surface area contributed by atoms with E-state index in [0.717, 1.165) is 0 Å². The summed E-state index contributed by atoms with van der Waals surface area (Å²) in [7, 11) is 0. The third-order valence-electron chi connectivity index (χ3n) is 1.37. The van der Waals surface area contributed by atoms with Crippen LogP contribution in [-0.2, 0) is 0 Å². The molecule has 1 aliphatic carbocycles. The normalized spacial score (nSPS) is 17.8. The van der Waals surface area contributed by atoms with E-state index in [1.807, 2.05) is 0 Å². The van der Waals surface area contributed by atoms with Crippen molar-refractivity contribution in [3.05, 3.63) is 24.3 Å². The van der Waals surface area contributed by atoms with E-state index in [9.17, 15) is 0 Å². The van der Waals surface area contributed by atoms with Gasteiger partial charge in [-0.2, -0.15) is 0 Å². The molecule has 0 aromatic carbocycles. The van der Waals surface area contributed by atoms with E-state index in [2.05, 4.69) is 24.3 Å². The molecule has 0 fully saturated rings. The second kappa shape index (κ2) is 7.06. The van der Waals surface area contributed by atoms with Gasteiger partial charge in [0.2, 0.25) is 0 Å². The van der Waals surface area contributed by atoms with Crippen molar-refractivity contribution in [1.29, 1.82) is 0 Å². The third-order valence-corrected chi connectivity index (χ3v) is 1.37. The van der Waals surface area contributed by atoms with Gasteiger partial charge >= 0.3 is 45.0 Å². The van der Waals surface area contributed by atoms with Gasteiger partial charge in [0.05, 0.1) is 0 Å². The van der Waals surface area contributed by atoms with Gasteiger partial charge in [-0.15, -0.1) is 0 Å². The minimum atomic E-state index is 0. The molecule has 0 atom stereocenters. The van der Waals surface area contributed by atoms with E-state index in [0.29, 0.717) is 0 Å². The second-order valence-electron chi connectivity index (χ2n) is 2.14. The van der Waals surface area contributed by atoms with Gasteiger partial charge in [0.15, 0.2) is 0 Å². The first-order valence-corrected chi connectivity index (χ1v) is 3.32. The van der Waals surface area contributed by atoms with Gasteiger partial charge in [0.1, 0.15) is 0 Å². The number of rotatable bonds is 0. The molecule has 1 aliphatic rings. The molecular weight excluding hydrogens is 322 g/mol. The Kier molecular flexibility index (Phi) is 7.80. The molecule has 0 radical (unpaired) electrons. The maximum atomic E-state index is 2.23. The Hall–Kier alpha value is 0.948. The summed E-state index contributed by atoms with van der Waals surface area (Å²) in [5, 5.41) is 0. The molecule has 0 bridgehead atoms. The summed E-state index contributed by atoms with van der Waals surface area (Å²) in [5.41, 5.74) is 0. The second-order valence-corrected chi connectivity index (χ2v) is 2.14. The number of hydrogen-bond acceptors (Lipinski definition) is 0. The monoisotopic (exact) mass is 336 g/mol. The van der Waals surface area contributed by atoms with E-state index in [-0.39, 0.29) is 45.0 Å². The molecule has 0 N–H and O–H groups in total. The summed E-state index contributed by atoms with van der Waals surface area (Å²) in [6, 6.07) is 0. The Labute approximate surface area is 93.9 Å². The molecule has 0 aromatic rings. The van der Waals surface area contributed by atoms with Crippen LogP contribution in [0.3, 0.4) is 0 Å². The van der Waals surface area contributed by atoms with Crippen LogP contribution in [0.25, 0.3) is 0 Å². The fourth-order valence-corrected chi connectivity index (χ4v) is 0.874. The van der Waals surface area contributed by atoms with Crippen molar-refractivity contribution >= 4 is 0 Å². The summed E-state index contributed by atoms with van der Waals surface area (Å²) >= 11 is 0. The fourth-order valence-electron chi connectivity index (χ4n) is 0.874. The Balaban J connectivity index is 0.000000640. The van der Waals surface area contributed by atoms with Crippen LogP contribution < -0.4 is 0 Å². The average molecular weight is 336 g/mol. The first-order valence-electron chi connectivity index (χ1n) is 3.32. The van der Waals surface area contributed by atoms with E-state index >= 15 is 0 Å². The van der Waals surface area contributed by atoms with E-state index < -0.39 is 0 Å². The van der Waals surface area contributed by atoms with Crippen LogP contribution in [0.1, 0.15) is 25.7 Å². The molecule has 0 saturated heterocycles. The van der Waals surface area contributed by atoms with Crippen LogP contribution in [0.15, 0.2) is 24.3 Å². The van der Waals surface area contributed by atoms with Crippen LogP contribution in [-0.4, -0.2) is 0 Å². The number of allylic oxidation sites excluding steroid dienone is 4. The molecule has 0 saturated carbocycles. The molecular formula is C8H14Ra. The van der Waals surface area contributed by atoms with Gasteiger partial charge < -0.3 is 0 Å². The van der Waals surface area contributed by atoms with E-state index in [1.165, 1.54) is 25.7 Å². The Morgan fingerprint density at radius 2 is 1.22 bits per heavy atom. The molecule has 0 heterocycles. The predicted molar refractivity (Wildman–Crippen MR) is 39.5 cm³/mol. The van der Waals surface area contributed by atoms with Crippen LogP contribution in [0.5, 0.6) is 0 Å². The maximum absolute atomic E-state index is 2.23. The average Bonchev–Trinajstić information content (AvgIpc) is 1.62. The Bertz CT molecular complexity index is 89.1. The summed E-state index contributed by atoms with van der Waals surface area (Å²) in [4.78, 5) is 0. The first-order chi connectivity index (χ1) is 4.00. The molecule has 0 spiro atoms. The zero-order valence-electron chi connectivity index (χ0n) is 5.14. The van der Waals surface area contributed by atoms with Crippen molar-refractivity contribution in [1.82, 2.24) is 0 Å². The van der Waals surface area contributed by atoms with Crippen molar-refractivity contribution in [3.63, 3.8) is 0 Å². The first kappa shape index (κ1) is 9.95. The van der Waals surface area contributed by atoms with Crippen LogP contribution >= 0.6 is 0 Å². The molecule has 1 rings (SSSR count). The van der Waals surface area contributed by atoms with Crippen LogP contribution in [0.4, 0.5) is 0 Å². The van der Waals surface area contributed by atoms with Crippen molar-refractivity contribution in [2.24, 2.45) is 0 Å². The summed E-state index contributed by atoms with van der Waals surface area (Å²) in [6.45, 7) is 0. The van der Waals surface area contributed by atoms with E-state index in [1.54, 1.807) is 0 Å². The molecule has 1 heteroatoms. The molecule has 0 unspecified atom stereocenters. The van der Waals surface area contributed by atoms with Crippen LogP contribution in [0.2, 0.25) is 0 Å². The quantitative estimate of drug-likeness (QED) is 0.636. The molecule has 48 valence electrons. The van der Waals surface area contributed by atoms with Crippen molar-refractivity contribution in [3.8, 4) is 0 Å². The summed E-state index contributed by atoms with van der Waals surface area (Å²) in [6.07, 6.45) is 14.0. The Morgan fingerprint density at radius 3 is 1.67 bits per heavy atom. The minimum absolute atomic E-state index is 0. The fraction of sp³-hybridized carbons (Fsp3) is 0.500. The molecule has 0 aliphatic heterocycles. The van der Waals surface area contributed by atoms with Crippen LogP contribution in [0, 0.1) is 45.0 Å². The standard InChI is InChI=1S/C8H12.Ra.2H/c1-2-4-6-8-7-5-3-1;;;/h1-4H,5-8H2;;;. The van der Waals surface area contributed by atoms with E-state index in [4.69, 9.17) is 0 Å². The third kappa shape index (κ3) is 5.39. The topological polar surface area (TPSA) is 0 Å². The van der Waals surface area contributed by atoms with Gasteiger partial charge in [-0.3, -0.25) is 0 Å². The SMILES string of the molecule is C1=CCCCCC=C1.[RaH2]. The molecule has 0 nitrogen and oxygen atoms in total. The zero-order chi connectivity index (χ0) is 5.66. The molecule has 0 amide bonds. The van der Waals surface area contributed by atoms with Crippen molar-refractivity contribution in [2.75, 3.05) is 0 Å². The van der Waals surface area contributed by atoms with Gasteiger partial charge in [-0.25, -0.2) is 0 Å². The van der Waals surface area contributed by atoms with Crippen molar-refractivity contribution < 1.29 is 45.0 Å². The predicted octanol–water partition coefficient (Wildman–Crippen LogP) is 2.14. The summed E-state index contributed by atoms with van der Waals surface area (Å²) < 4.78 is 0. The van der Waals surface area contributed by atoms with Crippen molar-refractivity contribution in [2.45, 2.75) is 25.7 Å². The molecule has 9 heavy (non-hydrogen) atoms. The zero-order valence-corrected chi connectivity index (χ0v) is 5.14. The van der Waals surface area contributed by atoms with Gasteiger partial charge in [0.25, 0.3) is 0 Å². The number of hydrogen-bond donors (Lipinski definition) is 0. The Morgan fingerprint density at radius 1 is 0.778 bits per heavy atom.